The SMILES string of the molecule is COC(=O)C(C)(COC(=O)C(C)(CO)CO)COC(=O)C(C)(CO)COC(=O)CCCNC(=O)C(F)(F)F. The van der Waals surface area contributed by atoms with Crippen molar-refractivity contribution in [3.8, 4) is 0 Å². The fraction of sp³-hybridized carbons (Fsp3) is 0.773. The fourth-order valence-electron chi connectivity index (χ4n) is 2.40. The predicted octanol–water partition coefficient (Wildman–Crippen LogP) is -0.756. The van der Waals surface area contributed by atoms with Gasteiger partial charge in [0.1, 0.15) is 36.1 Å². The first kappa shape index (κ1) is 35.0. The minimum Gasteiger partial charge on any atom is -0.468 e. The number of alkyl halides is 3. The molecule has 0 aliphatic carbocycles. The molecular weight excluding hydrogens is 527 g/mol. The number of methoxy groups -OCH3 is 1. The molecule has 2 unspecified atom stereocenters. The standard InChI is InChI=1S/C22H34F3NO12/c1-19(8-27,9-28)17(33)37-12-21(3,16(32)35-4)13-38-18(34)20(2,10-29)11-36-14(30)6-5-7-26-15(31)22(23,24)25/h27-29H,5-13H2,1-4H3,(H,26,31). The van der Waals surface area contributed by atoms with E-state index in [1.54, 1.807) is 5.32 Å². The maximum Gasteiger partial charge on any atom is 0.471 e. The van der Waals surface area contributed by atoms with E-state index in [1.165, 1.54) is 20.8 Å². The Balaban J connectivity index is 5.02. The van der Waals surface area contributed by atoms with E-state index < -0.39 is 105 Å². The average molecular weight is 562 g/mol. The molecule has 0 aliphatic heterocycles. The monoisotopic (exact) mass is 561 g/mol. The molecule has 0 aliphatic rings. The van der Waals surface area contributed by atoms with Gasteiger partial charge in [-0.05, 0) is 27.2 Å². The van der Waals surface area contributed by atoms with Crippen molar-refractivity contribution in [2.75, 3.05) is 53.3 Å². The molecule has 2 atom stereocenters. The molecule has 0 fully saturated rings. The van der Waals surface area contributed by atoms with Crippen molar-refractivity contribution in [2.45, 2.75) is 39.8 Å². The zero-order chi connectivity index (χ0) is 29.8. The summed E-state index contributed by atoms with van der Waals surface area (Å²) in [6, 6.07) is 0. The highest BCUT2D eigenvalue weighted by Crippen LogP contribution is 2.26. The summed E-state index contributed by atoms with van der Waals surface area (Å²) in [5, 5.41) is 29.8. The molecule has 0 aromatic carbocycles. The molecule has 0 rings (SSSR count). The number of ether oxygens (including phenoxy) is 4. The van der Waals surface area contributed by atoms with E-state index >= 15 is 0 Å². The summed E-state index contributed by atoms with van der Waals surface area (Å²) >= 11 is 0. The molecule has 16 heteroatoms. The Morgan fingerprint density at radius 2 is 1.16 bits per heavy atom. The van der Waals surface area contributed by atoms with Crippen LogP contribution in [0.15, 0.2) is 0 Å². The van der Waals surface area contributed by atoms with Crippen molar-refractivity contribution in [3.05, 3.63) is 0 Å². The number of rotatable bonds is 16. The zero-order valence-corrected chi connectivity index (χ0v) is 21.5. The van der Waals surface area contributed by atoms with Gasteiger partial charge in [-0.15, -0.1) is 0 Å². The summed E-state index contributed by atoms with van der Waals surface area (Å²) in [5.74, 6) is -6.18. The van der Waals surface area contributed by atoms with Gasteiger partial charge in [-0.25, -0.2) is 0 Å². The fourth-order valence-corrected chi connectivity index (χ4v) is 2.40. The molecule has 0 bridgehead atoms. The lowest BCUT2D eigenvalue weighted by Crippen LogP contribution is -2.45. The summed E-state index contributed by atoms with van der Waals surface area (Å²) in [7, 11) is 1.03. The number of hydrogen-bond donors (Lipinski definition) is 4. The third-order valence-corrected chi connectivity index (χ3v) is 5.41. The van der Waals surface area contributed by atoms with E-state index in [2.05, 4.69) is 4.74 Å². The number of aliphatic hydroxyl groups is 3. The van der Waals surface area contributed by atoms with Gasteiger partial charge in [0, 0.05) is 13.0 Å². The van der Waals surface area contributed by atoms with E-state index in [1.807, 2.05) is 0 Å². The van der Waals surface area contributed by atoms with Crippen LogP contribution in [0.4, 0.5) is 13.2 Å². The van der Waals surface area contributed by atoms with Gasteiger partial charge in [0.25, 0.3) is 0 Å². The quantitative estimate of drug-likeness (QED) is 0.105. The number of carbonyl (C=O) groups is 5. The summed E-state index contributed by atoms with van der Waals surface area (Å²) in [5.41, 5.74) is -5.20. The highest BCUT2D eigenvalue weighted by Gasteiger charge is 2.43. The molecule has 0 saturated heterocycles. The Kier molecular flexibility index (Phi) is 13.7. The van der Waals surface area contributed by atoms with Crippen LogP contribution >= 0.6 is 0 Å². The Bertz CT molecular complexity index is 846. The van der Waals surface area contributed by atoms with Crippen LogP contribution in [-0.2, 0) is 42.9 Å². The maximum absolute atomic E-state index is 12.6. The normalized spacial score (nSPS) is 14.9. The summed E-state index contributed by atoms with van der Waals surface area (Å²) in [6.45, 7) is -1.25. The van der Waals surface area contributed by atoms with Crippen LogP contribution in [-0.4, -0.2) is 105 Å². The molecule has 0 aromatic rings. The van der Waals surface area contributed by atoms with Crippen LogP contribution in [0, 0.1) is 16.2 Å². The van der Waals surface area contributed by atoms with Gasteiger partial charge in [-0.3, -0.25) is 24.0 Å². The molecule has 1 amide bonds. The molecule has 0 aromatic heterocycles. The number of hydrogen-bond acceptors (Lipinski definition) is 12. The van der Waals surface area contributed by atoms with E-state index in [0.29, 0.717) is 0 Å². The van der Waals surface area contributed by atoms with Gasteiger partial charge in [0.15, 0.2) is 0 Å². The van der Waals surface area contributed by atoms with Crippen LogP contribution in [0.3, 0.4) is 0 Å². The minimum atomic E-state index is -5.06. The van der Waals surface area contributed by atoms with Gasteiger partial charge in [-0.1, -0.05) is 0 Å². The second-order valence-electron chi connectivity index (χ2n) is 9.32. The van der Waals surface area contributed by atoms with Crippen LogP contribution in [0.2, 0.25) is 0 Å². The van der Waals surface area contributed by atoms with Gasteiger partial charge < -0.3 is 39.6 Å². The van der Waals surface area contributed by atoms with Crippen LogP contribution < -0.4 is 5.32 Å². The molecular formula is C22H34F3NO12. The third-order valence-electron chi connectivity index (χ3n) is 5.41. The first-order chi connectivity index (χ1) is 17.4. The van der Waals surface area contributed by atoms with E-state index in [0.717, 1.165) is 7.11 Å². The first-order valence-corrected chi connectivity index (χ1v) is 11.2. The van der Waals surface area contributed by atoms with Gasteiger partial charge in [0.05, 0.1) is 26.9 Å². The Hall–Kier alpha value is -2.98. The lowest BCUT2D eigenvalue weighted by Gasteiger charge is -2.30. The molecule has 0 saturated carbocycles. The third kappa shape index (κ3) is 10.4. The molecule has 4 N–H and O–H groups in total. The van der Waals surface area contributed by atoms with Gasteiger partial charge >= 0.3 is 36.0 Å². The highest BCUT2D eigenvalue weighted by molar-refractivity contribution is 5.82. The number of halogens is 3. The second kappa shape index (κ2) is 14.8. The number of amides is 1. The largest absolute Gasteiger partial charge is 0.471 e. The maximum atomic E-state index is 12.6. The lowest BCUT2D eigenvalue weighted by atomic mass is 9.90. The second-order valence-corrected chi connectivity index (χ2v) is 9.32. The summed E-state index contributed by atoms with van der Waals surface area (Å²) in [4.78, 5) is 59.7. The van der Waals surface area contributed by atoms with E-state index in [4.69, 9.17) is 14.2 Å². The van der Waals surface area contributed by atoms with Crippen molar-refractivity contribution < 1.29 is 71.4 Å². The van der Waals surface area contributed by atoms with Crippen LogP contribution in [0.1, 0.15) is 33.6 Å². The number of aliphatic hydroxyl groups excluding tert-OH is 3. The Morgan fingerprint density at radius 3 is 1.58 bits per heavy atom. The average Bonchev–Trinajstić information content (AvgIpc) is 2.89. The zero-order valence-electron chi connectivity index (χ0n) is 21.5. The predicted molar refractivity (Wildman–Crippen MR) is 119 cm³/mol. The summed E-state index contributed by atoms with van der Waals surface area (Å²) < 4.78 is 56.0. The lowest BCUT2D eigenvalue weighted by molar-refractivity contribution is -0.178. The molecule has 0 heterocycles. The van der Waals surface area contributed by atoms with Crippen molar-refractivity contribution >= 4 is 29.8 Å². The van der Waals surface area contributed by atoms with E-state index in [-0.39, 0.29) is 6.42 Å². The smallest absolute Gasteiger partial charge is 0.468 e. The van der Waals surface area contributed by atoms with Gasteiger partial charge in [0.2, 0.25) is 0 Å². The molecule has 38 heavy (non-hydrogen) atoms. The molecule has 0 radical (unpaired) electrons. The molecule has 13 nitrogen and oxygen atoms in total. The van der Waals surface area contributed by atoms with Gasteiger partial charge in [-0.2, -0.15) is 13.2 Å². The number of carbonyl (C=O) groups excluding carboxylic acids is 5. The van der Waals surface area contributed by atoms with E-state index in [9.17, 15) is 52.5 Å². The van der Waals surface area contributed by atoms with Crippen molar-refractivity contribution in [1.82, 2.24) is 5.32 Å². The topological polar surface area (TPSA) is 195 Å². The summed E-state index contributed by atoms with van der Waals surface area (Å²) in [6.07, 6.45) is -5.65. The first-order valence-electron chi connectivity index (χ1n) is 11.2. The Morgan fingerprint density at radius 1 is 0.711 bits per heavy atom. The minimum absolute atomic E-state index is 0.192. The van der Waals surface area contributed by atoms with Crippen molar-refractivity contribution in [2.24, 2.45) is 16.2 Å². The van der Waals surface area contributed by atoms with Crippen LogP contribution in [0.5, 0.6) is 0 Å². The van der Waals surface area contributed by atoms with Crippen molar-refractivity contribution in [3.63, 3.8) is 0 Å². The molecule has 0 spiro atoms. The number of nitrogens with one attached hydrogen (secondary N) is 1. The van der Waals surface area contributed by atoms with Crippen molar-refractivity contribution in [1.29, 1.82) is 0 Å². The number of esters is 4. The molecule has 220 valence electrons. The van der Waals surface area contributed by atoms with Crippen LogP contribution in [0.25, 0.3) is 0 Å². The highest BCUT2D eigenvalue weighted by atomic mass is 19.4. The Labute approximate surface area is 216 Å².